The zero-order chi connectivity index (χ0) is 13.9. The van der Waals surface area contributed by atoms with E-state index in [0.717, 1.165) is 23.6 Å². The molecule has 104 valence electrons. The Bertz CT molecular complexity index is 597. The van der Waals surface area contributed by atoms with Gasteiger partial charge in [-0.2, -0.15) is 0 Å². The Hall–Kier alpha value is -1.88. The lowest BCUT2D eigenvalue weighted by Crippen LogP contribution is -2.30. The van der Waals surface area contributed by atoms with E-state index >= 15 is 0 Å². The first kappa shape index (κ1) is 13.1. The van der Waals surface area contributed by atoms with Crippen molar-refractivity contribution in [2.45, 2.75) is 5.37 Å². The van der Waals surface area contributed by atoms with Crippen LogP contribution in [0.2, 0.25) is 0 Å². The smallest absolute Gasteiger partial charge is 0.258 e. The van der Waals surface area contributed by atoms with E-state index in [-0.39, 0.29) is 11.3 Å². The van der Waals surface area contributed by atoms with Crippen molar-refractivity contribution in [1.29, 1.82) is 0 Å². The number of ether oxygens (including phenoxy) is 1. The molecule has 2 aromatic rings. The quantitative estimate of drug-likeness (QED) is 0.870. The maximum Gasteiger partial charge on any atom is 0.258 e. The Morgan fingerprint density at radius 1 is 1.45 bits per heavy atom. The zero-order valence-corrected chi connectivity index (χ0v) is 11.9. The number of thioether (sulfide) groups is 1. The van der Waals surface area contributed by atoms with E-state index in [1.165, 1.54) is 12.5 Å². The van der Waals surface area contributed by atoms with Crippen molar-refractivity contribution in [3.8, 4) is 5.75 Å². The molecule has 0 aliphatic carbocycles. The van der Waals surface area contributed by atoms with Crippen LogP contribution < -0.4 is 4.74 Å². The maximum atomic E-state index is 12.5. The zero-order valence-electron chi connectivity index (χ0n) is 11.1. The van der Waals surface area contributed by atoms with Crippen molar-refractivity contribution in [2.24, 2.45) is 0 Å². The van der Waals surface area contributed by atoms with Crippen LogP contribution in [0.4, 0.5) is 0 Å². The average molecular weight is 289 g/mol. The van der Waals surface area contributed by atoms with Gasteiger partial charge in [0.1, 0.15) is 17.4 Å². The second-order valence-electron chi connectivity index (χ2n) is 4.51. The summed E-state index contributed by atoms with van der Waals surface area (Å²) in [5, 5.41) is 0.0347. The van der Waals surface area contributed by atoms with E-state index in [4.69, 9.17) is 9.15 Å². The number of carbonyl (C=O) groups excluding carboxylic acids is 1. The Morgan fingerprint density at radius 3 is 3.10 bits per heavy atom. The molecule has 1 amide bonds. The van der Waals surface area contributed by atoms with Gasteiger partial charge in [-0.05, 0) is 23.8 Å². The number of furan rings is 1. The lowest BCUT2D eigenvalue weighted by molar-refractivity contribution is 0.0759. The lowest BCUT2D eigenvalue weighted by Gasteiger charge is -2.23. The summed E-state index contributed by atoms with van der Waals surface area (Å²) < 4.78 is 10.3. The van der Waals surface area contributed by atoms with Crippen molar-refractivity contribution in [2.75, 3.05) is 19.4 Å². The summed E-state index contributed by atoms with van der Waals surface area (Å²) in [4.78, 5) is 14.3. The van der Waals surface area contributed by atoms with Crippen LogP contribution in [0.15, 0.2) is 47.3 Å². The number of benzene rings is 1. The molecule has 0 radical (unpaired) electrons. The van der Waals surface area contributed by atoms with Crippen LogP contribution >= 0.6 is 11.8 Å². The summed E-state index contributed by atoms with van der Waals surface area (Å²) in [6.07, 6.45) is 3.02. The third kappa shape index (κ3) is 2.41. The first-order valence-corrected chi connectivity index (χ1v) is 7.43. The van der Waals surface area contributed by atoms with Crippen molar-refractivity contribution < 1.29 is 13.9 Å². The minimum atomic E-state index is 0.0107. The van der Waals surface area contributed by atoms with E-state index in [9.17, 15) is 4.79 Å². The number of rotatable bonds is 3. The molecular formula is C15H15NO3S. The van der Waals surface area contributed by atoms with Gasteiger partial charge in [-0.1, -0.05) is 12.1 Å². The molecule has 3 rings (SSSR count). The third-order valence-electron chi connectivity index (χ3n) is 3.30. The minimum Gasteiger partial charge on any atom is -0.497 e. The predicted molar refractivity (Wildman–Crippen MR) is 77.9 cm³/mol. The summed E-state index contributed by atoms with van der Waals surface area (Å²) in [7, 11) is 1.65. The molecule has 4 nitrogen and oxygen atoms in total. The van der Waals surface area contributed by atoms with Gasteiger partial charge < -0.3 is 14.1 Å². The molecule has 0 N–H and O–H groups in total. The van der Waals surface area contributed by atoms with Crippen LogP contribution in [0.25, 0.3) is 0 Å². The highest BCUT2D eigenvalue weighted by Gasteiger charge is 2.31. The SMILES string of the molecule is COc1cccc([C@H]2SCCN2C(=O)c2ccoc2)c1. The summed E-state index contributed by atoms with van der Waals surface area (Å²) in [6.45, 7) is 0.747. The molecule has 0 bridgehead atoms. The molecule has 1 aromatic carbocycles. The van der Waals surface area contributed by atoms with Crippen molar-refractivity contribution in [1.82, 2.24) is 4.90 Å². The number of carbonyl (C=O) groups is 1. The highest BCUT2D eigenvalue weighted by atomic mass is 32.2. The van der Waals surface area contributed by atoms with Gasteiger partial charge in [-0.3, -0.25) is 4.79 Å². The molecule has 5 heteroatoms. The van der Waals surface area contributed by atoms with Crippen LogP contribution in [0, 0.1) is 0 Å². The highest BCUT2D eigenvalue weighted by Crippen LogP contribution is 2.39. The van der Waals surface area contributed by atoms with Crippen LogP contribution in [0.5, 0.6) is 5.75 Å². The molecule has 0 unspecified atom stereocenters. The van der Waals surface area contributed by atoms with E-state index in [2.05, 4.69) is 0 Å². The average Bonchev–Trinajstić information content (AvgIpc) is 3.17. The van der Waals surface area contributed by atoms with Gasteiger partial charge in [-0.15, -0.1) is 11.8 Å². The normalized spacial score (nSPS) is 18.2. The van der Waals surface area contributed by atoms with Crippen LogP contribution in [-0.2, 0) is 0 Å². The van der Waals surface area contributed by atoms with E-state index in [1.54, 1.807) is 24.9 Å². The van der Waals surface area contributed by atoms with Gasteiger partial charge >= 0.3 is 0 Å². The molecule has 0 spiro atoms. The Kier molecular flexibility index (Phi) is 3.69. The van der Waals surface area contributed by atoms with Crippen LogP contribution in [0.1, 0.15) is 21.3 Å². The molecule has 20 heavy (non-hydrogen) atoms. The van der Waals surface area contributed by atoms with Crippen molar-refractivity contribution >= 4 is 17.7 Å². The first-order chi connectivity index (χ1) is 9.79. The fourth-order valence-electron chi connectivity index (χ4n) is 2.30. The third-order valence-corrected chi connectivity index (χ3v) is 4.56. The number of nitrogens with zero attached hydrogens (tertiary/aromatic N) is 1. The number of methoxy groups -OCH3 is 1. The predicted octanol–water partition coefficient (Wildman–Crippen LogP) is 3.18. The van der Waals surface area contributed by atoms with Gasteiger partial charge in [0.15, 0.2) is 0 Å². The summed E-state index contributed by atoms with van der Waals surface area (Å²) in [5.41, 5.74) is 1.68. The standard InChI is InChI=1S/C15H15NO3S/c1-18-13-4-2-3-11(9-13)15-16(6-8-20-15)14(17)12-5-7-19-10-12/h2-5,7,9-10,15H,6,8H2,1H3/t15-/m1/s1. The van der Waals surface area contributed by atoms with E-state index < -0.39 is 0 Å². The Morgan fingerprint density at radius 2 is 2.35 bits per heavy atom. The fourth-order valence-corrected chi connectivity index (χ4v) is 3.55. The number of hydrogen-bond donors (Lipinski definition) is 0. The lowest BCUT2D eigenvalue weighted by atomic mass is 10.2. The second-order valence-corrected chi connectivity index (χ2v) is 5.70. The Balaban J connectivity index is 1.86. The molecule has 2 heterocycles. The van der Waals surface area contributed by atoms with Gasteiger partial charge in [0.2, 0.25) is 0 Å². The summed E-state index contributed by atoms with van der Waals surface area (Å²) >= 11 is 1.77. The topological polar surface area (TPSA) is 42.7 Å². The Labute approximate surface area is 121 Å². The minimum absolute atomic E-state index is 0.0107. The summed E-state index contributed by atoms with van der Waals surface area (Å²) in [5.74, 6) is 1.76. The second kappa shape index (κ2) is 5.63. The van der Waals surface area contributed by atoms with E-state index in [0.29, 0.717) is 5.56 Å². The molecule has 0 saturated carbocycles. The molecule has 1 atom stereocenters. The molecule has 1 saturated heterocycles. The monoisotopic (exact) mass is 289 g/mol. The fraction of sp³-hybridized carbons (Fsp3) is 0.267. The number of amides is 1. The van der Waals surface area contributed by atoms with Gasteiger partial charge in [0.05, 0.1) is 18.9 Å². The van der Waals surface area contributed by atoms with Gasteiger partial charge in [-0.25, -0.2) is 0 Å². The summed E-state index contributed by atoms with van der Waals surface area (Å²) in [6, 6.07) is 9.58. The van der Waals surface area contributed by atoms with Crippen LogP contribution in [-0.4, -0.2) is 30.2 Å². The van der Waals surface area contributed by atoms with Crippen LogP contribution in [0.3, 0.4) is 0 Å². The molecule has 1 aliphatic rings. The molecule has 1 fully saturated rings. The number of hydrogen-bond acceptors (Lipinski definition) is 4. The highest BCUT2D eigenvalue weighted by molar-refractivity contribution is 7.99. The molecule has 1 aromatic heterocycles. The van der Waals surface area contributed by atoms with Crippen molar-refractivity contribution in [3.63, 3.8) is 0 Å². The maximum absolute atomic E-state index is 12.5. The molecule has 1 aliphatic heterocycles. The van der Waals surface area contributed by atoms with Crippen molar-refractivity contribution in [3.05, 3.63) is 54.0 Å². The van der Waals surface area contributed by atoms with E-state index in [1.807, 2.05) is 29.2 Å². The van der Waals surface area contributed by atoms with Gasteiger partial charge in [0, 0.05) is 12.3 Å². The largest absolute Gasteiger partial charge is 0.497 e. The van der Waals surface area contributed by atoms with Gasteiger partial charge in [0.25, 0.3) is 5.91 Å². The first-order valence-electron chi connectivity index (χ1n) is 6.38. The molecular weight excluding hydrogens is 274 g/mol.